The van der Waals surface area contributed by atoms with Crippen LogP contribution in [0.2, 0.25) is 0 Å². The molecule has 0 N–H and O–H groups in total. The Morgan fingerprint density at radius 2 is 1.39 bits per heavy atom. The highest BCUT2D eigenvalue weighted by molar-refractivity contribution is 5.93. The number of hydrogen-bond donors (Lipinski definition) is 0. The lowest BCUT2D eigenvalue weighted by molar-refractivity contribution is 0.265. The second-order valence-electron chi connectivity index (χ2n) is 5.65. The number of rotatable bonds is 6. The van der Waals surface area contributed by atoms with Crippen molar-refractivity contribution in [2.24, 2.45) is 0 Å². The van der Waals surface area contributed by atoms with Gasteiger partial charge in [0.05, 0.1) is 6.61 Å². The quantitative estimate of drug-likeness (QED) is 0.640. The largest absolute Gasteiger partial charge is 0.490 e. The smallest absolute Gasteiger partial charge is 0.127 e. The van der Waals surface area contributed by atoms with Crippen LogP contribution >= 0.6 is 0 Å². The monoisotopic (exact) mass is 306 g/mol. The molecular weight excluding hydrogens is 288 g/mol. The molecule has 0 bridgehead atoms. The second-order valence-corrected chi connectivity index (χ2v) is 5.65. The maximum Gasteiger partial charge on any atom is 0.127 e. The van der Waals surface area contributed by atoms with Crippen LogP contribution in [0.4, 0.5) is 0 Å². The second kappa shape index (κ2) is 6.31. The molecule has 1 fully saturated rings. The molecule has 116 valence electrons. The van der Waals surface area contributed by atoms with Gasteiger partial charge in [0.2, 0.25) is 0 Å². The molecule has 3 heteroatoms. The molecule has 3 nitrogen and oxygen atoms in total. The fourth-order valence-electron chi connectivity index (χ4n) is 2.58. The third kappa shape index (κ3) is 3.30. The van der Waals surface area contributed by atoms with Crippen LogP contribution in [0, 0.1) is 0 Å². The first-order valence-electron chi connectivity index (χ1n) is 7.83. The molecule has 23 heavy (non-hydrogen) atoms. The average molecular weight is 306 g/mol. The van der Waals surface area contributed by atoms with E-state index in [-0.39, 0.29) is 6.10 Å². The van der Waals surface area contributed by atoms with Crippen LogP contribution in [0.15, 0.2) is 66.7 Å². The van der Waals surface area contributed by atoms with Gasteiger partial charge in [-0.2, -0.15) is 0 Å². The van der Waals surface area contributed by atoms with Gasteiger partial charge >= 0.3 is 0 Å². The molecule has 1 unspecified atom stereocenters. The summed E-state index contributed by atoms with van der Waals surface area (Å²) in [4.78, 5) is 0. The SMILES string of the molecule is c1ccc(COc2ccc(OCC3CO3)c3ccccc23)cc1. The number of benzene rings is 3. The Kier molecular flexibility index (Phi) is 3.86. The summed E-state index contributed by atoms with van der Waals surface area (Å²) in [6, 6.07) is 22.3. The van der Waals surface area contributed by atoms with Crippen LogP contribution in [0.1, 0.15) is 5.56 Å². The maximum atomic E-state index is 6.02. The highest BCUT2D eigenvalue weighted by atomic mass is 16.6. The van der Waals surface area contributed by atoms with E-state index in [0.29, 0.717) is 13.2 Å². The molecule has 1 aliphatic heterocycles. The Bertz CT molecular complexity index is 794. The van der Waals surface area contributed by atoms with Crippen LogP contribution in [-0.4, -0.2) is 19.3 Å². The average Bonchev–Trinajstić information content (AvgIpc) is 3.44. The molecule has 1 atom stereocenters. The molecule has 0 radical (unpaired) electrons. The van der Waals surface area contributed by atoms with E-state index in [1.807, 2.05) is 42.5 Å². The fourth-order valence-corrected chi connectivity index (χ4v) is 2.58. The fraction of sp³-hybridized carbons (Fsp3) is 0.200. The summed E-state index contributed by atoms with van der Waals surface area (Å²) in [7, 11) is 0. The molecule has 0 aliphatic carbocycles. The van der Waals surface area contributed by atoms with Crippen molar-refractivity contribution in [3.63, 3.8) is 0 Å². The van der Waals surface area contributed by atoms with Crippen LogP contribution in [0.25, 0.3) is 10.8 Å². The highest BCUT2D eigenvalue weighted by Gasteiger charge is 2.23. The summed E-state index contributed by atoms with van der Waals surface area (Å²) in [6.07, 6.45) is 0.253. The lowest BCUT2D eigenvalue weighted by Crippen LogP contribution is -2.04. The summed E-state index contributed by atoms with van der Waals surface area (Å²) in [5.74, 6) is 1.75. The van der Waals surface area contributed by atoms with Crippen LogP contribution < -0.4 is 9.47 Å². The van der Waals surface area contributed by atoms with Crippen molar-refractivity contribution in [3.05, 3.63) is 72.3 Å². The zero-order valence-electron chi connectivity index (χ0n) is 12.8. The van der Waals surface area contributed by atoms with Gasteiger partial charge in [0.25, 0.3) is 0 Å². The van der Waals surface area contributed by atoms with Gasteiger partial charge in [-0.3, -0.25) is 0 Å². The summed E-state index contributed by atoms with van der Waals surface area (Å²) in [6.45, 7) is 1.96. The first-order valence-corrected chi connectivity index (χ1v) is 7.83. The molecule has 0 aromatic heterocycles. The third-order valence-electron chi connectivity index (χ3n) is 3.91. The Morgan fingerprint density at radius 3 is 2.04 bits per heavy atom. The Hall–Kier alpha value is -2.52. The van der Waals surface area contributed by atoms with Gasteiger partial charge < -0.3 is 14.2 Å². The predicted molar refractivity (Wildman–Crippen MR) is 90.0 cm³/mol. The van der Waals surface area contributed by atoms with Gasteiger partial charge in [0.15, 0.2) is 0 Å². The van der Waals surface area contributed by atoms with Crippen molar-refractivity contribution in [2.75, 3.05) is 13.2 Å². The number of hydrogen-bond acceptors (Lipinski definition) is 3. The van der Waals surface area contributed by atoms with E-state index < -0.39 is 0 Å². The normalized spacial score (nSPS) is 16.3. The number of fused-ring (bicyclic) bond motifs is 1. The molecule has 0 saturated carbocycles. The lowest BCUT2D eigenvalue weighted by atomic mass is 10.1. The molecule has 3 aromatic carbocycles. The molecule has 4 rings (SSSR count). The van der Waals surface area contributed by atoms with E-state index >= 15 is 0 Å². The minimum absolute atomic E-state index is 0.253. The molecule has 1 saturated heterocycles. The van der Waals surface area contributed by atoms with Gasteiger partial charge in [-0.15, -0.1) is 0 Å². The van der Waals surface area contributed by atoms with E-state index in [0.717, 1.165) is 34.4 Å². The van der Waals surface area contributed by atoms with Crippen LogP contribution in [-0.2, 0) is 11.3 Å². The Balaban J connectivity index is 1.58. The van der Waals surface area contributed by atoms with Crippen molar-refractivity contribution < 1.29 is 14.2 Å². The first-order chi connectivity index (χ1) is 11.4. The van der Waals surface area contributed by atoms with E-state index in [1.165, 1.54) is 0 Å². The van der Waals surface area contributed by atoms with E-state index in [9.17, 15) is 0 Å². The summed E-state index contributed by atoms with van der Waals surface area (Å²) in [5.41, 5.74) is 1.16. The Labute approximate surface area is 135 Å². The van der Waals surface area contributed by atoms with Gasteiger partial charge in [-0.1, -0.05) is 54.6 Å². The summed E-state index contributed by atoms with van der Waals surface area (Å²) >= 11 is 0. The van der Waals surface area contributed by atoms with E-state index in [4.69, 9.17) is 14.2 Å². The lowest BCUT2D eigenvalue weighted by Gasteiger charge is -2.13. The van der Waals surface area contributed by atoms with Crippen molar-refractivity contribution >= 4 is 10.8 Å². The topological polar surface area (TPSA) is 31.0 Å². The maximum absolute atomic E-state index is 6.02. The van der Waals surface area contributed by atoms with Gasteiger partial charge in [-0.25, -0.2) is 0 Å². The van der Waals surface area contributed by atoms with Gasteiger partial charge in [0, 0.05) is 10.8 Å². The minimum atomic E-state index is 0.253. The van der Waals surface area contributed by atoms with Gasteiger partial charge in [-0.05, 0) is 17.7 Å². The molecule has 3 aromatic rings. The van der Waals surface area contributed by atoms with Gasteiger partial charge in [0.1, 0.15) is 30.8 Å². The predicted octanol–water partition coefficient (Wildman–Crippen LogP) is 4.20. The minimum Gasteiger partial charge on any atom is -0.490 e. The molecular formula is C20H18O3. The third-order valence-corrected chi connectivity index (χ3v) is 3.91. The van der Waals surface area contributed by atoms with Crippen LogP contribution in [0.3, 0.4) is 0 Å². The molecule has 1 aliphatic rings. The van der Waals surface area contributed by atoms with Crippen molar-refractivity contribution in [2.45, 2.75) is 12.7 Å². The summed E-state index contributed by atoms with van der Waals surface area (Å²) < 4.78 is 17.1. The van der Waals surface area contributed by atoms with Crippen molar-refractivity contribution in [3.8, 4) is 11.5 Å². The summed E-state index contributed by atoms with van der Waals surface area (Å²) in [5, 5.41) is 2.14. The first kappa shape index (κ1) is 14.1. The standard InChI is InChI=1S/C20H18O3/c1-2-6-15(7-3-1)12-22-19-10-11-20(23-14-16-13-21-16)18-9-5-4-8-17(18)19/h1-11,16H,12-14H2. The van der Waals surface area contributed by atoms with Crippen LogP contribution in [0.5, 0.6) is 11.5 Å². The van der Waals surface area contributed by atoms with E-state index in [2.05, 4.69) is 24.3 Å². The molecule has 0 spiro atoms. The number of epoxide rings is 1. The zero-order valence-corrected chi connectivity index (χ0v) is 12.8. The zero-order chi connectivity index (χ0) is 15.5. The molecule has 1 heterocycles. The molecule has 0 amide bonds. The van der Waals surface area contributed by atoms with Crippen molar-refractivity contribution in [1.29, 1.82) is 0 Å². The van der Waals surface area contributed by atoms with E-state index in [1.54, 1.807) is 0 Å². The number of ether oxygens (including phenoxy) is 3. The highest BCUT2D eigenvalue weighted by Crippen LogP contribution is 2.34. The Morgan fingerprint density at radius 1 is 0.783 bits per heavy atom. The van der Waals surface area contributed by atoms with Crippen molar-refractivity contribution in [1.82, 2.24) is 0 Å².